The van der Waals surface area contributed by atoms with Gasteiger partial charge < -0.3 is 15.4 Å². The Morgan fingerprint density at radius 1 is 1.37 bits per heavy atom. The Morgan fingerprint density at radius 2 is 2.16 bits per heavy atom. The molecular formula is C15H24N2O2. The van der Waals surface area contributed by atoms with Crippen molar-refractivity contribution in [2.45, 2.75) is 39.8 Å². The SMILES string of the molecule is CCOc1cccc(CNCCC(=O)NC(C)C)c1. The Labute approximate surface area is 115 Å². The van der Waals surface area contributed by atoms with Crippen LogP contribution in [0.25, 0.3) is 0 Å². The maximum absolute atomic E-state index is 11.4. The quantitative estimate of drug-likeness (QED) is 0.707. The van der Waals surface area contributed by atoms with E-state index in [9.17, 15) is 4.79 Å². The van der Waals surface area contributed by atoms with Gasteiger partial charge in [-0.1, -0.05) is 12.1 Å². The third kappa shape index (κ3) is 6.82. The molecule has 1 amide bonds. The number of amides is 1. The van der Waals surface area contributed by atoms with Gasteiger partial charge in [0.25, 0.3) is 0 Å². The van der Waals surface area contributed by atoms with E-state index in [-0.39, 0.29) is 11.9 Å². The molecule has 0 atom stereocenters. The molecule has 0 bridgehead atoms. The molecule has 0 unspecified atom stereocenters. The first-order valence-corrected chi connectivity index (χ1v) is 6.83. The van der Waals surface area contributed by atoms with E-state index in [1.54, 1.807) is 0 Å². The summed E-state index contributed by atoms with van der Waals surface area (Å²) in [6, 6.07) is 8.20. The fourth-order valence-corrected chi connectivity index (χ4v) is 1.74. The van der Waals surface area contributed by atoms with Crippen LogP contribution in [0.1, 0.15) is 32.8 Å². The summed E-state index contributed by atoms with van der Waals surface area (Å²) in [5, 5.41) is 6.13. The zero-order chi connectivity index (χ0) is 14.1. The normalized spacial score (nSPS) is 10.5. The van der Waals surface area contributed by atoms with Crippen LogP contribution in [0.3, 0.4) is 0 Å². The summed E-state index contributed by atoms with van der Waals surface area (Å²) < 4.78 is 5.44. The number of carbonyl (C=O) groups excluding carboxylic acids is 1. The first kappa shape index (κ1) is 15.5. The zero-order valence-electron chi connectivity index (χ0n) is 12.0. The van der Waals surface area contributed by atoms with E-state index in [1.807, 2.05) is 45.0 Å². The van der Waals surface area contributed by atoms with Crippen molar-refractivity contribution in [3.05, 3.63) is 29.8 Å². The largest absolute Gasteiger partial charge is 0.494 e. The van der Waals surface area contributed by atoms with Crippen LogP contribution in [0.5, 0.6) is 5.75 Å². The molecule has 2 N–H and O–H groups in total. The smallest absolute Gasteiger partial charge is 0.221 e. The molecule has 0 aromatic heterocycles. The van der Waals surface area contributed by atoms with Gasteiger partial charge in [0.15, 0.2) is 0 Å². The Hall–Kier alpha value is -1.55. The fourth-order valence-electron chi connectivity index (χ4n) is 1.74. The summed E-state index contributed by atoms with van der Waals surface area (Å²) in [6.45, 7) is 7.99. The van der Waals surface area contributed by atoms with E-state index in [0.29, 0.717) is 19.6 Å². The third-order valence-corrected chi connectivity index (χ3v) is 2.52. The molecule has 4 heteroatoms. The van der Waals surface area contributed by atoms with E-state index in [0.717, 1.165) is 17.9 Å². The van der Waals surface area contributed by atoms with Crippen molar-refractivity contribution in [1.82, 2.24) is 10.6 Å². The van der Waals surface area contributed by atoms with Crippen molar-refractivity contribution < 1.29 is 9.53 Å². The number of hydrogen-bond donors (Lipinski definition) is 2. The highest BCUT2D eigenvalue weighted by molar-refractivity contribution is 5.76. The van der Waals surface area contributed by atoms with E-state index >= 15 is 0 Å². The molecule has 0 aliphatic heterocycles. The molecule has 0 saturated carbocycles. The first-order chi connectivity index (χ1) is 9.11. The average Bonchev–Trinajstić information content (AvgIpc) is 2.35. The van der Waals surface area contributed by atoms with Crippen molar-refractivity contribution in [2.75, 3.05) is 13.2 Å². The van der Waals surface area contributed by atoms with Crippen molar-refractivity contribution in [3.63, 3.8) is 0 Å². The highest BCUT2D eigenvalue weighted by Crippen LogP contribution is 2.12. The second kappa shape index (κ2) is 8.53. The standard InChI is InChI=1S/C15H24N2O2/c1-4-19-14-7-5-6-13(10-14)11-16-9-8-15(18)17-12(2)3/h5-7,10,12,16H,4,8-9,11H2,1-3H3,(H,17,18). The second-order valence-corrected chi connectivity index (χ2v) is 4.73. The predicted octanol–water partition coefficient (Wildman–Crippen LogP) is 2.09. The van der Waals surface area contributed by atoms with Gasteiger partial charge in [-0.2, -0.15) is 0 Å². The van der Waals surface area contributed by atoms with Gasteiger partial charge in [0, 0.05) is 25.6 Å². The van der Waals surface area contributed by atoms with E-state index < -0.39 is 0 Å². The van der Waals surface area contributed by atoms with Crippen LogP contribution in [-0.4, -0.2) is 25.1 Å². The summed E-state index contributed by atoms with van der Waals surface area (Å²) in [5.74, 6) is 0.977. The van der Waals surface area contributed by atoms with Crippen LogP contribution in [0.4, 0.5) is 0 Å². The van der Waals surface area contributed by atoms with Gasteiger partial charge >= 0.3 is 0 Å². The summed E-state index contributed by atoms with van der Waals surface area (Å²) >= 11 is 0. The Balaban J connectivity index is 2.25. The summed E-state index contributed by atoms with van der Waals surface area (Å²) in [7, 11) is 0. The summed E-state index contributed by atoms with van der Waals surface area (Å²) in [5.41, 5.74) is 1.16. The van der Waals surface area contributed by atoms with Gasteiger partial charge in [0.1, 0.15) is 5.75 Å². The molecule has 0 saturated heterocycles. The highest BCUT2D eigenvalue weighted by atomic mass is 16.5. The minimum atomic E-state index is 0.0885. The minimum absolute atomic E-state index is 0.0885. The highest BCUT2D eigenvalue weighted by Gasteiger charge is 2.02. The molecule has 1 aromatic carbocycles. The molecular weight excluding hydrogens is 240 g/mol. The van der Waals surface area contributed by atoms with Crippen molar-refractivity contribution in [3.8, 4) is 5.75 Å². The molecule has 1 rings (SSSR count). The molecule has 0 aliphatic carbocycles. The lowest BCUT2D eigenvalue weighted by molar-refractivity contribution is -0.121. The lowest BCUT2D eigenvalue weighted by Gasteiger charge is -2.09. The lowest BCUT2D eigenvalue weighted by atomic mass is 10.2. The summed E-state index contributed by atoms with van der Waals surface area (Å²) in [6.07, 6.45) is 0.503. The average molecular weight is 264 g/mol. The Kier molecular flexibility index (Phi) is 6.97. The molecule has 0 radical (unpaired) electrons. The number of benzene rings is 1. The van der Waals surface area contributed by atoms with Crippen LogP contribution in [0.2, 0.25) is 0 Å². The molecule has 0 fully saturated rings. The lowest BCUT2D eigenvalue weighted by Crippen LogP contribution is -2.32. The monoisotopic (exact) mass is 264 g/mol. The minimum Gasteiger partial charge on any atom is -0.494 e. The van der Waals surface area contributed by atoms with Crippen LogP contribution in [-0.2, 0) is 11.3 Å². The van der Waals surface area contributed by atoms with Gasteiger partial charge in [-0.25, -0.2) is 0 Å². The fraction of sp³-hybridized carbons (Fsp3) is 0.533. The maximum atomic E-state index is 11.4. The van der Waals surface area contributed by atoms with Crippen LogP contribution in [0.15, 0.2) is 24.3 Å². The Morgan fingerprint density at radius 3 is 2.84 bits per heavy atom. The van der Waals surface area contributed by atoms with Crippen molar-refractivity contribution in [2.24, 2.45) is 0 Å². The zero-order valence-corrected chi connectivity index (χ0v) is 12.0. The number of hydrogen-bond acceptors (Lipinski definition) is 3. The Bertz CT molecular complexity index is 391. The van der Waals surface area contributed by atoms with Crippen molar-refractivity contribution in [1.29, 1.82) is 0 Å². The summed E-state index contributed by atoms with van der Waals surface area (Å²) in [4.78, 5) is 11.4. The number of carbonyl (C=O) groups is 1. The predicted molar refractivity (Wildman–Crippen MR) is 77.2 cm³/mol. The number of nitrogens with one attached hydrogen (secondary N) is 2. The van der Waals surface area contributed by atoms with Crippen molar-refractivity contribution >= 4 is 5.91 Å². The molecule has 0 heterocycles. The molecule has 0 aliphatic rings. The van der Waals surface area contributed by atoms with Crippen LogP contribution in [0, 0.1) is 0 Å². The molecule has 106 valence electrons. The van der Waals surface area contributed by atoms with Crippen LogP contribution < -0.4 is 15.4 Å². The number of rotatable bonds is 8. The molecule has 4 nitrogen and oxygen atoms in total. The molecule has 1 aromatic rings. The molecule has 0 spiro atoms. The third-order valence-electron chi connectivity index (χ3n) is 2.52. The maximum Gasteiger partial charge on any atom is 0.221 e. The first-order valence-electron chi connectivity index (χ1n) is 6.83. The van der Waals surface area contributed by atoms with Gasteiger partial charge in [0.05, 0.1) is 6.61 Å². The molecule has 19 heavy (non-hydrogen) atoms. The van der Waals surface area contributed by atoms with Gasteiger partial charge in [-0.3, -0.25) is 4.79 Å². The van der Waals surface area contributed by atoms with Crippen LogP contribution >= 0.6 is 0 Å². The van der Waals surface area contributed by atoms with Gasteiger partial charge in [0.2, 0.25) is 5.91 Å². The van der Waals surface area contributed by atoms with E-state index in [2.05, 4.69) is 10.6 Å². The second-order valence-electron chi connectivity index (χ2n) is 4.73. The topological polar surface area (TPSA) is 50.4 Å². The van der Waals surface area contributed by atoms with Gasteiger partial charge in [-0.15, -0.1) is 0 Å². The van der Waals surface area contributed by atoms with E-state index in [4.69, 9.17) is 4.74 Å². The number of ether oxygens (including phenoxy) is 1. The van der Waals surface area contributed by atoms with Gasteiger partial charge in [-0.05, 0) is 38.5 Å². The van der Waals surface area contributed by atoms with E-state index in [1.165, 1.54) is 0 Å².